The molecule has 0 fully saturated rings. The highest BCUT2D eigenvalue weighted by Gasteiger charge is 2.24. The molecule has 0 unspecified atom stereocenters. The number of hydrogen-bond acceptors (Lipinski definition) is 8. The average molecular weight is 358 g/mol. The van der Waals surface area contributed by atoms with Crippen LogP contribution in [-0.4, -0.2) is 22.6 Å². The predicted molar refractivity (Wildman–Crippen MR) is 91.2 cm³/mol. The van der Waals surface area contributed by atoms with E-state index < -0.39 is 10.8 Å². The van der Waals surface area contributed by atoms with Crippen molar-refractivity contribution < 1.29 is 19.2 Å². The van der Waals surface area contributed by atoms with Crippen LogP contribution < -0.4 is 20.5 Å². The Morgan fingerprint density at radius 2 is 2.04 bits per heavy atom. The molecule has 0 bridgehead atoms. The average Bonchev–Trinajstić information content (AvgIpc) is 3.17. The number of thiazole rings is 1. The van der Waals surface area contributed by atoms with Crippen molar-refractivity contribution in [1.29, 1.82) is 0 Å². The van der Waals surface area contributed by atoms with E-state index in [0.717, 1.165) is 4.70 Å². The van der Waals surface area contributed by atoms with E-state index in [1.807, 2.05) is 0 Å². The second-order valence-corrected chi connectivity index (χ2v) is 6.23. The topological polar surface area (TPSA) is 130 Å². The van der Waals surface area contributed by atoms with Gasteiger partial charge in [-0.1, -0.05) is 11.3 Å². The lowest BCUT2D eigenvalue weighted by molar-refractivity contribution is -0.384. The molecule has 0 saturated heterocycles. The molecule has 1 aliphatic rings. The van der Waals surface area contributed by atoms with Crippen LogP contribution in [0, 0.1) is 10.1 Å². The predicted octanol–water partition coefficient (Wildman–Crippen LogP) is 2.77. The van der Waals surface area contributed by atoms with Crippen molar-refractivity contribution in [1.82, 2.24) is 4.98 Å². The number of carbonyl (C=O) groups excluding carboxylic acids is 1. The van der Waals surface area contributed by atoms with E-state index in [9.17, 15) is 14.9 Å². The van der Waals surface area contributed by atoms with E-state index in [4.69, 9.17) is 15.2 Å². The van der Waals surface area contributed by atoms with Gasteiger partial charge in [-0.05, 0) is 18.2 Å². The number of benzene rings is 2. The lowest BCUT2D eigenvalue weighted by Gasteiger charge is -2.07. The van der Waals surface area contributed by atoms with Gasteiger partial charge in [-0.25, -0.2) is 4.98 Å². The third kappa shape index (κ3) is 2.68. The molecule has 0 radical (unpaired) electrons. The normalized spacial score (nSPS) is 12.3. The van der Waals surface area contributed by atoms with E-state index in [0.29, 0.717) is 22.0 Å². The summed E-state index contributed by atoms with van der Waals surface area (Å²) in [6.07, 6.45) is 0. The quantitative estimate of drug-likeness (QED) is 0.544. The Balaban J connectivity index is 1.68. The molecule has 10 heteroatoms. The van der Waals surface area contributed by atoms with Crippen LogP contribution in [0.3, 0.4) is 0 Å². The van der Waals surface area contributed by atoms with Gasteiger partial charge in [0.2, 0.25) is 6.79 Å². The number of nitro groups is 1. The highest BCUT2D eigenvalue weighted by molar-refractivity contribution is 7.22. The van der Waals surface area contributed by atoms with Crippen LogP contribution in [0.2, 0.25) is 0 Å². The first-order valence-electron chi connectivity index (χ1n) is 7.07. The number of nitro benzene ring substituents is 1. The van der Waals surface area contributed by atoms with Crippen LogP contribution in [0.15, 0.2) is 30.3 Å². The number of anilines is 2. The molecule has 1 aromatic heterocycles. The summed E-state index contributed by atoms with van der Waals surface area (Å²) in [7, 11) is 0. The minimum absolute atomic E-state index is 0.0205. The second-order valence-electron chi connectivity index (χ2n) is 5.17. The number of nitrogens with one attached hydrogen (secondary N) is 1. The molecule has 0 spiro atoms. The number of ether oxygens (including phenoxy) is 2. The maximum absolute atomic E-state index is 12.5. The van der Waals surface area contributed by atoms with Crippen molar-refractivity contribution in [2.75, 3.05) is 17.8 Å². The Kier molecular flexibility index (Phi) is 3.39. The SMILES string of the molecule is Nc1nc2ccc(C(=O)Nc3cc4c(cc3[N+](=O)[O-])OCO4)cc2s1. The molecule has 1 amide bonds. The Hall–Kier alpha value is -3.40. The van der Waals surface area contributed by atoms with Crippen molar-refractivity contribution in [2.24, 2.45) is 0 Å². The molecule has 2 heterocycles. The third-order valence-corrected chi connectivity index (χ3v) is 4.45. The maximum atomic E-state index is 12.5. The number of fused-ring (bicyclic) bond motifs is 2. The lowest BCUT2D eigenvalue weighted by atomic mass is 10.2. The van der Waals surface area contributed by atoms with Gasteiger partial charge in [-0.15, -0.1) is 0 Å². The number of nitrogens with zero attached hydrogens (tertiary/aromatic N) is 2. The molecule has 126 valence electrons. The van der Waals surface area contributed by atoms with Gasteiger partial charge >= 0.3 is 0 Å². The molecule has 1 aliphatic heterocycles. The Bertz CT molecular complexity index is 1030. The molecule has 25 heavy (non-hydrogen) atoms. The number of amides is 1. The van der Waals surface area contributed by atoms with Gasteiger partial charge in [0.15, 0.2) is 16.6 Å². The van der Waals surface area contributed by atoms with Crippen LogP contribution in [-0.2, 0) is 0 Å². The number of aromatic nitrogens is 1. The first-order valence-corrected chi connectivity index (χ1v) is 7.88. The fraction of sp³-hybridized carbons (Fsp3) is 0.0667. The molecule has 0 saturated carbocycles. The van der Waals surface area contributed by atoms with E-state index in [1.165, 1.54) is 23.5 Å². The Labute approximate surface area is 144 Å². The van der Waals surface area contributed by atoms with E-state index in [-0.39, 0.29) is 23.9 Å². The van der Waals surface area contributed by atoms with Crippen molar-refractivity contribution >= 4 is 44.0 Å². The fourth-order valence-corrected chi connectivity index (χ4v) is 3.23. The third-order valence-electron chi connectivity index (χ3n) is 3.60. The molecular formula is C15H10N4O5S. The van der Waals surface area contributed by atoms with E-state index in [1.54, 1.807) is 18.2 Å². The monoisotopic (exact) mass is 358 g/mol. The van der Waals surface area contributed by atoms with Crippen molar-refractivity contribution in [3.63, 3.8) is 0 Å². The summed E-state index contributed by atoms with van der Waals surface area (Å²) in [6, 6.07) is 7.49. The fourth-order valence-electron chi connectivity index (χ4n) is 2.46. The van der Waals surface area contributed by atoms with Crippen LogP contribution in [0.25, 0.3) is 10.2 Å². The standard InChI is InChI=1S/C15H10N4O5S/c16-15-18-8-2-1-7(3-13(8)25-15)14(20)17-9-4-11-12(24-6-23-11)5-10(9)19(21)22/h1-5H,6H2,(H2,16,18)(H,17,20). The molecule has 3 N–H and O–H groups in total. The van der Waals surface area contributed by atoms with Crippen molar-refractivity contribution in [3.05, 3.63) is 46.0 Å². The van der Waals surface area contributed by atoms with Crippen LogP contribution >= 0.6 is 11.3 Å². The highest BCUT2D eigenvalue weighted by atomic mass is 32.1. The van der Waals surface area contributed by atoms with Crippen LogP contribution in [0.5, 0.6) is 11.5 Å². The Morgan fingerprint density at radius 1 is 1.28 bits per heavy atom. The summed E-state index contributed by atoms with van der Waals surface area (Å²) in [6.45, 7) is -0.0205. The van der Waals surface area contributed by atoms with Gasteiger partial charge in [0, 0.05) is 11.6 Å². The van der Waals surface area contributed by atoms with Gasteiger partial charge in [-0.3, -0.25) is 14.9 Å². The number of nitrogen functional groups attached to an aromatic ring is 1. The second kappa shape index (κ2) is 5.60. The summed E-state index contributed by atoms with van der Waals surface area (Å²) < 4.78 is 11.1. The van der Waals surface area contributed by atoms with E-state index >= 15 is 0 Å². The van der Waals surface area contributed by atoms with Gasteiger partial charge in [0.25, 0.3) is 11.6 Å². The lowest BCUT2D eigenvalue weighted by Crippen LogP contribution is -2.13. The summed E-state index contributed by atoms with van der Waals surface area (Å²) >= 11 is 1.26. The first kappa shape index (κ1) is 15.1. The molecule has 0 aliphatic carbocycles. The first-order chi connectivity index (χ1) is 12.0. The van der Waals surface area contributed by atoms with Crippen LogP contribution in [0.1, 0.15) is 10.4 Å². The summed E-state index contributed by atoms with van der Waals surface area (Å²) in [5.74, 6) is 0.119. The Morgan fingerprint density at radius 3 is 2.80 bits per heavy atom. The molecule has 2 aromatic carbocycles. The van der Waals surface area contributed by atoms with Gasteiger partial charge in [0.1, 0.15) is 5.69 Å². The van der Waals surface area contributed by atoms with Gasteiger partial charge in [0.05, 0.1) is 21.2 Å². The summed E-state index contributed by atoms with van der Waals surface area (Å²) in [5.41, 5.74) is 6.43. The van der Waals surface area contributed by atoms with Gasteiger partial charge in [-0.2, -0.15) is 0 Å². The summed E-state index contributed by atoms with van der Waals surface area (Å²) in [5, 5.41) is 14.2. The van der Waals surface area contributed by atoms with Gasteiger partial charge < -0.3 is 20.5 Å². The zero-order valence-electron chi connectivity index (χ0n) is 12.5. The minimum Gasteiger partial charge on any atom is -0.454 e. The highest BCUT2D eigenvalue weighted by Crippen LogP contribution is 2.40. The zero-order chi connectivity index (χ0) is 17.6. The summed E-state index contributed by atoms with van der Waals surface area (Å²) in [4.78, 5) is 27.3. The number of carbonyl (C=O) groups is 1. The molecule has 9 nitrogen and oxygen atoms in total. The van der Waals surface area contributed by atoms with Crippen molar-refractivity contribution in [3.8, 4) is 11.5 Å². The molecular weight excluding hydrogens is 348 g/mol. The number of rotatable bonds is 3. The zero-order valence-corrected chi connectivity index (χ0v) is 13.3. The largest absolute Gasteiger partial charge is 0.454 e. The molecule has 4 rings (SSSR count). The number of nitrogens with two attached hydrogens (primary N) is 1. The number of hydrogen-bond donors (Lipinski definition) is 2. The molecule has 0 atom stereocenters. The minimum atomic E-state index is -0.593. The van der Waals surface area contributed by atoms with Crippen LogP contribution in [0.4, 0.5) is 16.5 Å². The maximum Gasteiger partial charge on any atom is 0.296 e. The van der Waals surface area contributed by atoms with E-state index in [2.05, 4.69) is 10.3 Å². The van der Waals surface area contributed by atoms with Crippen molar-refractivity contribution in [2.45, 2.75) is 0 Å². The molecule has 3 aromatic rings. The smallest absolute Gasteiger partial charge is 0.296 e.